The molecule has 0 bridgehead atoms. The molecule has 1 aromatic heterocycles. The molecular formula is C10H16N3O4S+. The first kappa shape index (κ1) is 14.5. The van der Waals surface area contributed by atoms with Gasteiger partial charge in [0.1, 0.15) is 11.9 Å². The zero-order valence-corrected chi connectivity index (χ0v) is 11.1. The van der Waals surface area contributed by atoms with E-state index in [1.165, 1.54) is 10.9 Å². The van der Waals surface area contributed by atoms with Crippen LogP contribution in [0.2, 0.25) is 0 Å². The summed E-state index contributed by atoms with van der Waals surface area (Å²) in [5, 5.41) is 6.60. The first-order chi connectivity index (χ1) is 8.48. The fourth-order valence-electron chi connectivity index (χ4n) is 1.20. The Bertz CT molecular complexity index is 498. The molecule has 0 aliphatic heterocycles. The van der Waals surface area contributed by atoms with E-state index >= 15 is 0 Å². The van der Waals surface area contributed by atoms with Crippen LogP contribution in [-0.4, -0.2) is 38.8 Å². The highest BCUT2D eigenvalue weighted by Gasteiger charge is 2.14. The molecule has 0 saturated carbocycles. The van der Waals surface area contributed by atoms with E-state index in [1.807, 2.05) is 6.92 Å². The number of hydrogen-bond acceptors (Lipinski definition) is 5. The molecule has 0 aromatic carbocycles. The summed E-state index contributed by atoms with van der Waals surface area (Å²) < 4.78 is 28.0. The molecule has 7 nitrogen and oxygen atoms in total. The Balaban J connectivity index is 2.64. The third-order valence-electron chi connectivity index (χ3n) is 2.20. The summed E-state index contributed by atoms with van der Waals surface area (Å²) in [4.78, 5) is 11.4. The predicted molar refractivity (Wildman–Crippen MR) is 63.2 cm³/mol. The van der Waals surface area contributed by atoms with Crippen molar-refractivity contribution in [1.82, 2.24) is 10.4 Å². The summed E-state index contributed by atoms with van der Waals surface area (Å²) >= 11 is 0. The minimum absolute atomic E-state index is 0.165. The summed E-state index contributed by atoms with van der Waals surface area (Å²) in [6.45, 7) is 2.54. The van der Waals surface area contributed by atoms with E-state index in [0.717, 1.165) is 7.11 Å². The number of carbonyl (C=O) groups excluding carboxylic acids is 1. The van der Waals surface area contributed by atoms with E-state index in [0.29, 0.717) is 12.1 Å². The van der Waals surface area contributed by atoms with Gasteiger partial charge in [0.25, 0.3) is 16.0 Å². The number of nitrogens with one attached hydrogen (secondary N) is 1. The van der Waals surface area contributed by atoms with Gasteiger partial charge in [0.05, 0.1) is 12.7 Å². The highest BCUT2D eigenvalue weighted by Crippen LogP contribution is 1.93. The second-order valence-corrected chi connectivity index (χ2v) is 5.32. The van der Waals surface area contributed by atoms with Crippen LogP contribution in [-0.2, 0) is 20.8 Å². The first-order valence-corrected chi connectivity index (χ1v) is 6.98. The molecule has 1 heterocycles. The van der Waals surface area contributed by atoms with Gasteiger partial charge in [-0.05, 0) is 12.0 Å². The van der Waals surface area contributed by atoms with Crippen molar-refractivity contribution in [3.05, 3.63) is 24.0 Å². The summed E-state index contributed by atoms with van der Waals surface area (Å²) in [5.41, 5.74) is 0.433. The fraction of sp³-hybridized carbons (Fsp3) is 0.500. The molecule has 0 aliphatic rings. The third-order valence-corrected chi connectivity index (χ3v) is 3.39. The van der Waals surface area contributed by atoms with Gasteiger partial charge in [0.15, 0.2) is 12.7 Å². The summed E-state index contributed by atoms with van der Waals surface area (Å²) in [6.07, 6.45) is 2.94. The lowest BCUT2D eigenvalue weighted by Crippen LogP contribution is -2.41. The molecule has 0 atom stereocenters. The van der Waals surface area contributed by atoms with Crippen LogP contribution in [0.25, 0.3) is 0 Å². The Kier molecular flexibility index (Phi) is 5.17. The number of carbonyl (C=O) groups is 1. The zero-order valence-electron chi connectivity index (χ0n) is 10.3. The van der Waals surface area contributed by atoms with Crippen LogP contribution >= 0.6 is 0 Å². The van der Waals surface area contributed by atoms with Crippen LogP contribution < -0.4 is 10.00 Å². The lowest BCUT2D eigenvalue weighted by Gasteiger charge is -2.00. The second kappa shape index (κ2) is 6.41. The van der Waals surface area contributed by atoms with Crippen LogP contribution in [0.3, 0.4) is 0 Å². The molecule has 1 aromatic rings. The highest BCUT2D eigenvalue weighted by atomic mass is 32.2. The van der Waals surface area contributed by atoms with Gasteiger partial charge in [-0.1, -0.05) is 4.68 Å². The van der Waals surface area contributed by atoms with Crippen LogP contribution in [0.4, 0.5) is 0 Å². The Morgan fingerprint density at radius 1 is 1.56 bits per heavy atom. The molecule has 100 valence electrons. The van der Waals surface area contributed by atoms with Crippen molar-refractivity contribution in [3.8, 4) is 0 Å². The van der Waals surface area contributed by atoms with Crippen LogP contribution in [0, 0.1) is 0 Å². The number of aryl methyl sites for hydroxylation is 1. The van der Waals surface area contributed by atoms with E-state index in [4.69, 9.17) is 0 Å². The molecule has 0 spiro atoms. The molecule has 0 aliphatic carbocycles. The van der Waals surface area contributed by atoms with Gasteiger partial charge < -0.3 is 5.32 Å². The van der Waals surface area contributed by atoms with Crippen molar-refractivity contribution < 1.29 is 22.1 Å². The van der Waals surface area contributed by atoms with E-state index in [1.54, 1.807) is 12.3 Å². The Labute approximate surface area is 106 Å². The van der Waals surface area contributed by atoms with Gasteiger partial charge >= 0.3 is 0 Å². The smallest absolute Gasteiger partial charge is 0.273 e. The van der Waals surface area contributed by atoms with Gasteiger partial charge in [-0.15, -0.1) is 0 Å². The van der Waals surface area contributed by atoms with Crippen LogP contribution in [0.1, 0.15) is 17.3 Å². The van der Waals surface area contributed by atoms with Gasteiger partial charge in [0, 0.05) is 12.6 Å². The second-order valence-electron chi connectivity index (χ2n) is 3.47. The molecule has 1 rings (SSSR count). The molecule has 0 saturated heterocycles. The molecular weight excluding hydrogens is 258 g/mol. The average molecular weight is 274 g/mol. The molecule has 0 unspecified atom stereocenters. The number of rotatable bonds is 6. The van der Waals surface area contributed by atoms with Crippen molar-refractivity contribution in [1.29, 1.82) is 0 Å². The molecule has 0 radical (unpaired) electrons. The predicted octanol–water partition coefficient (Wildman–Crippen LogP) is -0.905. The normalized spacial score (nSPS) is 11.2. The minimum atomic E-state index is -3.49. The average Bonchev–Trinajstić information content (AvgIpc) is 2.37. The Hall–Kier alpha value is -1.54. The summed E-state index contributed by atoms with van der Waals surface area (Å²) in [6, 6.07) is 1.58. The number of hydrogen-bond donors (Lipinski definition) is 1. The largest absolute Gasteiger partial charge is 0.352 e. The summed E-state index contributed by atoms with van der Waals surface area (Å²) in [7, 11) is -2.38. The molecule has 18 heavy (non-hydrogen) atoms. The SMILES string of the molecule is CCNC(=O)c1cc[n+](CCS(=O)(=O)OC)nc1. The lowest BCUT2D eigenvalue weighted by atomic mass is 10.3. The highest BCUT2D eigenvalue weighted by molar-refractivity contribution is 7.86. The number of amides is 1. The molecule has 1 amide bonds. The zero-order chi connectivity index (χ0) is 13.6. The van der Waals surface area contributed by atoms with Crippen LogP contribution in [0.5, 0.6) is 0 Å². The maximum Gasteiger partial charge on any atom is 0.273 e. The Morgan fingerprint density at radius 3 is 2.78 bits per heavy atom. The molecule has 0 fully saturated rings. The monoisotopic (exact) mass is 274 g/mol. The van der Waals surface area contributed by atoms with Crippen molar-refractivity contribution in [2.45, 2.75) is 13.5 Å². The third kappa shape index (κ3) is 4.38. The van der Waals surface area contributed by atoms with Gasteiger partial charge in [-0.2, -0.15) is 8.42 Å². The van der Waals surface area contributed by atoms with Gasteiger partial charge in [-0.25, -0.2) is 0 Å². The van der Waals surface area contributed by atoms with E-state index in [-0.39, 0.29) is 18.2 Å². The number of aromatic nitrogens is 2. The maximum atomic E-state index is 11.4. The molecule has 1 N–H and O–H groups in total. The fourth-order valence-corrected chi connectivity index (χ4v) is 1.78. The summed E-state index contributed by atoms with van der Waals surface area (Å²) in [5.74, 6) is -0.372. The van der Waals surface area contributed by atoms with Crippen molar-refractivity contribution in [3.63, 3.8) is 0 Å². The van der Waals surface area contributed by atoms with E-state index < -0.39 is 10.1 Å². The van der Waals surface area contributed by atoms with Gasteiger partial charge in [0.2, 0.25) is 0 Å². The van der Waals surface area contributed by atoms with Crippen molar-refractivity contribution >= 4 is 16.0 Å². The van der Waals surface area contributed by atoms with Crippen molar-refractivity contribution in [2.75, 3.05) is 19.4 Å². The first-order valence-electron chi connectivity index (χ1n) is 5.41. The quantitative estimate of drug-likeness (QED) is 0.536. The number of nitrogens with zero attached hydrogens (tertiary/aromatic N) is 2. The molecule has 8 heteroatoms. The van der Waals surface area contributed by atoms with Gasteiger partial charge in [-0.3, -0.25) is 8.98 Å². The topological polar surface area (TPSA) is 89.2 Å². The van der Waals surface area contributed by atoms with E-state index in [2.05, 4.69) is 14.6 Å². The van der Waals surface area contributed by atoms with E-state index in [9.17, 15) is 13.2 Å². The Morgan fingerprint density at radius 2 is 2.28 bits per heavy atom. The van der Waals surface area contributed by atoms with Crippen molar-refractivity contribution in [2.24, 2.45) is 0 Å². The van der Waals surface area contributed by atoms with Crippen LogP contribution in [0.15, 0.2) is 18.5 Å². The minimum Gasteiger partial charge on any atom is -0.352 e. The lowest BCUT2D eigenvalue weighted by molar-refractivity contribution is -0.750. The standard InChI is InChI=1S/C10H15N3O4S/c1-3-11-10(14)9-4-5-13(12-8-9)6-7-18(15,16)17-2/h4-5,8H,3,6-7H2,1-2H3/p+1. The maximum absolute atomic E-state index is 11.4.